The lowest BCUT2D eigenvalue weighted by Gasteiger charge is -2.11. The second-order valence-electron chi connectivity index (χ2n) is 6.55. The van der Waals surface area contributed by atoms with Crippen molar-refractivity contribution in [2.45, 2.75) is 71.1 Å². The van der Waals surface area contributed by atoms with E-state index in [1.165, 1.54) is 77.7 Å². The fraction of sp³-hybridized carbons (Fsp3) is 0.667. The molecule has 0 atom stereocenters. The van der Waals surface area contributed by atoms with Crippen molar-refractivity contribution < 1.29 is 24.1 Å². The van der Waals surface area contributed by atoms with Crippen LogP contribution in [0.15, 0.2) is 12.1 Å². The minimum Gasteiger partial charge on any atom is -0.504 e. The van der Waals surface area contributed by atoms with E-state index in [1.54, 1.807) is 0 Å². The minimum absolute atomic E-state index is 0.141. The van der Waals surface area contributed by atoms with E-state index in [4.69, 9.17) is 14.2 Å². The van der Waals surface area contributed by atoms with Crippen LogP contribution >= 0.6 is 0 Å². The molecular formula is C21H34O5. The number of esters is 1. The largest absolute Gasteiger partial charge is 0.504 e. The summed E-state index contributed by atoms with van der Waals surface area (Å²) >= 11 is 0. The number of hydrogen-bond acceptors (Lipinski definition) is 5. The first-order valence-corrected chi connectivity index (χ1v) is 9.76. The molecule has 0 unspecified atom stereocenters. The normalized spacial score (nSPS) is 10.6. The Hall–Kier alpha value is -1.91. The zero-order chi connectivity index (χ0) is 19.2. The Labute approximate surface area is 157 Å². The average Bonchev–Trinajstić information content (AvgIpc) is 2.65. The van der Waals surface area contributed by atoms with Crippen molar-refractivity contribution in [3.63, 3.8) is 0 Å². The molecule has 0 aromatic heterocycles. The predicted molar refractivity (Wildman–Crippen MR) is 103 cm³/mol. The van der Waals surface area contributed by atoms with Crippen LogP contribution in [0.3, 0.4) is 0 Å². The number of benzene rings is 1. The Bertz CT molecular complexity index is 527. The lowest BCUT2D eigenvalue weighted by atomic mass is 10.1. The van der Waals surface area contributed by atoms with Crippen molar-refractivity contribution in [3.05, 3.63) is 17.7 Å². The van der Waals surface area contributed by atoms with Gasteiger partial charge in [0, 0.05) is 0 Å². The van der Waals surface area contributed by atoms with Crippen LogP contribution in [0.25, 0.3) is 0 Å². The fourth-order valence-corrected chi connectivity index (χ4v) is 2.90. The van der Waals surface area contributed by atoms with E-state index in [9.17, 15) is 9.90 Å². The molecule has 0 amide bonds. The van der Waals surface area contributed by atoms with Crippen LogP contribution in [0.4, 0.5) is 0 Å². The van der Waals surface area contributed by atoms with Crippen LogP contribution in [-0.2, 0) is 4.74 Å². The Balaban J connectivity index is 2.20. The van der Waals surface area contributed by atoms with E-state index in [0.29, 0.717) is 12.4 Å². The molecule has 1 aromatic rings. The first-order valence-electron chi connectivity index (χ1n) is 9.76. The van der Waals surface area contributed by atoms with E-state index in [2.05, 4.69) is 6.92 Å². The molecule has 0 radical (unpaired) electrons. The summed E-state index contributed by atoms with van der Waals surface area (Å²) in [6.07, 6.45) is 12.4. The number of unbranched alkanes of at least 4 members (excludes halogenated alkanes) is 9. The number of carbonyl (C=O) groups is 1. The highest BCUT2D eigenvalue weighted by molar-refractivity contribution is 5.91. The van der Waals surface area contributed by atoms with E-state index in [1.807, 2.05) is 0 Å². The topological polar surface area (TPSA) is 65.0 Å². The molecule has 5 heteroatoms. The van der Waals surface area contributed by atoms with Gasteiger partial charge in [-0.3, -0.25) is 0 Å². The molecule has 1 aromatic carbocycles. The van der Waals surface area contributed by atoms with Gasteiger partial charge in [-0.25, -0.2) is 4.79 Å². The average molecular weight is 366 g/mol. The number of methoxy groups -OCH3 is 2. The van der Waals surface area contributed by atoms with Gasteiger partial charge in [0.2, 0.25) is 5.75 Å². The second kappa shape index (κ2) is 13.3. The van der Waals surface area contributed by atoms with Crippen LogP contribution in [-0.4, -0.2) is 31.9 Å². The van der Waals surface area contributed by atoms with E-state index >= 15 is 0 Å². The van der Waals surface area contributed by atoms with Gasteiger partial charge < -0.3 is 19.3 Å². The molecule has 1 N–H and O–H groups in total. The maximum Gasteiger partial charge on any atom is 0.338 e. The van der Waals surface area contributed by atoms with Gasteiger partial charge in [-0.1, -0.05) is 64.7 Å². The fourth-order valence-electron chi connectivity index (χ4n) is 2.90. The highest BCUT2D eigenvalue weighted by Gasteiger charge is 2.16. The van der Waals surface area contributed by atoms with Gasteiger partial charge in [0.15, 0.2) is 11.5 Å². The number of rotatable bonds is 14. The Morgan fingerprint density at radius 3 is 2.00 bits per heavy atom. The Kier molecular flexibility index (Phi) is 11.3. The van der Waals surface area contributed by atoms with Crippen LogP contribution in [0, 0.1) is 0 Å². The molecule has 0 aliphatic rings. The van der Waals surface area contributed by atoms with Crippen LogP contribution < -0.4 is 9.47 Å². The summed E-state index contributed by atoms with van der Waals surface area (Å²) in [4.78, 5) is 12.1. The smallest absolute Gasteiger partial charge is 0.338 e. The first kappa shape index (κ1) is 22.1. The summed E-state index contributed by atoms with van der Waals surface area (Å²) in [7, 11) is 2.89. The highest BCUT2D eigenvalue weighted by Crippen LogP contribution is 2.37. The van der Waals surface area contributed by atoms with Gasteiger partial charge in [-0.15, -0.1) is 0 Å². The van der Waals surface area contributed by atoms with Crippen molar-refractivity contribution in [1.29, 1.82) is 0 Å². The van der Waals surface area contributed by atoms with Gasteiger partial charge >= 0.3 is 5.97 Å². The van der Waals surface area contributed by atoms with E-state index < -0.39 is 5.97 Å². The standard InChI is InChI=1S/C21H34O5/c1-4-5-6-7-8-9-10-11-12-13-14-26-21(23)17-15-18(22)20(25-3)19(16-17)24-2/h15-16,22H,4-14H2,1-3H3. The third-order valence-electron chi connectivity index (χ3n) is 4.43. The quantitative estimate of drug-likeness (QED) is 0.348. The SMILES string of the molecule is CCCCCCCCCCCCOC(=O)c1cc(O)c(OC)c(OC)c1. The number of phenols is 1. The monoisotopic (exact) mass is 366 g/mol. The molecule has 0 spiro atoms. The minimum atomic E-state index is -0.461. The molecule has 148 valence electrons. The molecule has 0 fully saturated rings. The van der Waals surface area contributed by atoms with Crippen LogP contribution in [0.5, 0.6) is 17.2 Å². The molecule has 0 aliphatic heterocycles. The zero-order valence-corrected chi connectivity index (χ0v) is 16.5. The van der Waals surface area contributed by atoms with Gasteiger partial charge in [0.25, 0.3) is 0 Å². The van der Waals surface area contributed by atoms with Crippen LogP contribution in [0.2, 0.25) is 0 Å². The number of aromatic hydroxyl groups is 1. The molecule has 0 saturated heterocycles. The first-order chi connectivity index (χ1) is 12.6. The summed E-state index contributed by atoms with van der Waals surface area (Å²) in [5, 5.41) is 9.90. The lowest BCUT2D eigenvalue weighted by Crippen LogP contribution is -2.07. The Morgan fingerprint density at radius 1 is 0.885 bits per heavy atom. The van der Waals surface area contributed by atoms with Crippen molar-refractivity contribution in [2.75, 3.05) is 20.8 Å². The number of hydrogen-bond donors (Lipinski definition) is 1. The molecule has 1 rings (SSSR count). The maximum absolute atomic E-state index is 12.1. The molecule has 0 saturated carbocycles. The van der Waals surface area contributed by atoms with Crippen molar-refractivity contribution in [2.24, 2.45) is 0 Å². The lowest BCUT2D eigenvalue weighted by molar-refractivity contribution is 0.0496. The summed E-state index contributed by atoms with van der Waals surface area (Å²) in [6.45, 7) is 2.63. The molecule has 5 nitrogen and oxygen atoms in total. The van der Waals surface area contributed by atoms with Gasteiger partial charge in [0.05, 0.1) is 26.4 Å². The van der Waals surface area contributed by atoms with Gasteiger partial charge in [-0.05, 0) is 18.6 Å². The van der Waals surface area contributed by atoms with Crippen LogP contribution in [0.1, 0.15) is 81.5 Å². The van der Waals surface area contributed by atoms with Crippen molar-refractivity contribution in [1.82, 2.24) is 0 Å². The third kappa shape index (κ3) is 7.98. The highest BCUT2D eigenvalue weighted by atomic mass is 16.5. The summed E-state index contributed by atoms with van der Waals surface area (Å²) in [5.41, 5.74) is 0.257. The molecule has 0 aliphatic carbocycles. The molecular weight excluding hydrogens is 332 g/mol. The van der Waals surface area contributed by atoms with E-state index in [-0.39, 0.29) is 17.1 Å². The second-order valence-corrected chi connectivity index (χ2v) is 6.55. The summed E-state index contributed by atoms with van der Waals surface area (Å²) in [5.74, 6) is -0.0907. The molecule has 0 heterocycles. The zero-order valence-electron chi connectivity index (χ0n) is 16.5. The molecule has 26 heavy (non-hydrogen) atoms. The molecule has 0 bridgehead atoms. The number of phenolic OH excluding ortho intramolecular Hbond substituents is 1. The van der Waals surface area contributed by atoms with Crippen molar-refractivity contribution >= 4 is 5.97 Å². The number of carbonyl (C=O) groups excluding carboxylic acids is 1. The summed E-state index contributed by atoms with van der Waals surface area (Å²) < 4.78 is 15.5. The summed E-state index contributed by atoms with van der Waals surface area (Å²) in [6, 6.07) is 2.85. The third-order valence-corrected chi connectivity index (χ3v) is 4.43. The maximum atomic E-state index is 12.1. The Morgan fingerprint density at radius 2 is 1.46 bits per heavy atom. The van der Waals surface area contributed by atoms with Gasteiger partial charge in [0.1, 0.15) is 0 Å². The van der Waals surface area contributed by atoms with Crippen molar-refractivity contribution in [3.8, 4) is 17.2 Å². The van der Waals surface area contributed by atoms with Gasteiger partial charge in [-0.2, -0.15) is 0 Å². The number of ether oxygens (including phenoxy) is 3. The van der Waals surface area contributed by atoms with E-state index in [0.717, 1.165) is 12.8 Å². The predicted octanol–water partition coefficient (Wildman–Crippen LogP) is 5.49.